The summed E-state index contributed by atoms with van der Waals surface area (Å²) in [5.41, 5.74) is 0. The van der Waals surface area contributed by atoms with E-state index in [2.05, 4.69) is 44.0 Å². The molecule has 3 nitrogen and oxygen atoms in total. The van der Waals surface area contributed by atoms with Crippen LogP contribution in [0.4, 0.5) is 0 Å². The van der Waals surface area contributed by atoms with Gasteiger partial charge >= 0.3 is 0 Å². The van der Waals surface area contributed by atoms with Crippen LogP contribution in [0.2, 0.25) is 0 Å². The van der Waals surface area contributed by atoms with Crippen LogP contribution >= 0.6 is 0 Å². The van der Waals surface area contributed by atoms with Crippen LogP contribution in [0, 0.1) is 17.2 Å². The van der Waals surface area contributed by atoms with Gasteiger partial charge in [0.1, 0.15) is 6.04 Å². The van der Waals surface area contributed by atoms with Crippen LogP contribution in [0.3, 0.4) is 0 Å². The Morgan fingerprint density at radius 1 is 1.19 bits per heavy atom. The molecule has 1 N–H and O–H groups in total. The van der Waals surface area contributed by atoms with E-state index in [9.17, 15) is 0 Å². The molecular weight excluding hydrogens is 198 g/mol. The molecule has 0 aromatic rings. The van der Waals surface area contributed by atoms with Gasteiger partial charge in [-0.05, 0) is 25.8 Å². The van der Waals surface area contributed by atoms with Gasteiger partial charge in [0, 0.05) is 19.1 Å². The molecule has 1 atom stereocenters. The number of rotatable bonds is 8. The van der Waals surface area contributed by atoms with Crippen molar-refractivity contribution in [1.82, 2.24) is 10.2 Å². The molecule has 0 aromatic carbocycles. The summed E-state index contributed by atoms with van der Waals surface area (Å²) in [5.74, 6) is 0.650. The van der Waals surface area contributed by atoms with Crippen molar-refractivity contribution in [3.63, 3.8) is 0 Å². The summed E-state index contributed by atoms with van der Waals surface area (Å²) < 4.78 is 0. The Morgan fingerprint density at radius 3 is 2.06 bits per heavy atom. The molecule has 0 radical (unpaired) electrons. The van der Waals surface area contributed by atoms with Crippen LogP contribution in [0.1, 0.15) is 40.5 Å². The molecule has 0 rings (SSSR count). The van der Waals surface area contributed by atoms with Gasteiger partial charge in [-0.2, -0.15) is 5.26 Å². The number of nitrogens with zero attached hydrogens (tertiary/aromatic N) is 2. The number of hydrogen-bond acceptors (Lipinski definition) is 3. The van der Waals surface area contributed by atoms with E-state index in [1.165, 1.54) is 0 Å². The predicted octanol–water partition coefficient (Wildman–Crippen LogP) is 2.24. The lowest BCUT2D eigenvalue weighted by Crippen LogP contribution is -2.45. The van der Waals surface area contributed by atoms with E-state index in [0.717, 1.165) is 25.9 Å². The maximum atomic E-state index is 9.00. The highest BCUT2D eigenvalue weighted by molar-refractivity contribution is 4.92. The molecule has 0 saturated carbocycles. The summed E-state index contributed by atoms with van der Waals surface area (Å²) in [7, 11) is 1.86. The first kappa shape index (κ1) is 15.4. The molecule has 0 aliphatic heterocycles. The molecule has 0 aromatic heterocycles. The smallest absolute Gasteiger partial charge is 0.108 e. The van der Waals surface area contributed by atoms with Crippen LogP contribution in [-0.4, -0.2) is 37.1 Å². The summed E-state index contributed by atoms with van der Waals surface area (Å²) in [6, 6.07) is 2.85. The van der Waals surface area contributed by atoms with E-state index >= 15 is 0 Å². The first-order valence-electron chi connectivity index (χ1n) is 6.39. The van der Waals surface area contributed by atoms with Crippen molar-refractivity contribution in [3.05, 3.63) is 0 Å². The van der Waals surface area contributed by atoms with Gasteiger partial charge in [-0.25, -0.2) is 0 Å². The Hall–Kier alpha value is -0.590. The summed E-state index contributed by atoms with van der Waals surface area (Å²) in [6.07, 6.45) is 2.32. The molecule has 0 bridgehead atoms. The molecule has 1 unspecified atom stereocenters. The summed E-state index contributed by atoms with van der Waals surface area (Å²) in [5, 5.41) is 12.1. The highest BCUT2D eigenvalue weighted by atomic mass is 15.2. The Balaban J connectivity index is 4.47. The quantitative estimate of drug-likeness (QED) is 0.688. The fourth-order valence-corrected chi connectivity index (χ4v) is 2.08. The largest absolute Gasteiger partial charge is 0.304 e. The molecule has 16 heavy (non-hydrogen) atoms. The van der Waals surface area contributed by atoms with E-state index in [4.69, 9.17) is 5.26 Å². The SMILES string of the molecule is CCC(CC)N(CC(C)C)CC(C#N)NC. The first-order chi connectivity index (χ1) is 7.58. The van der Waals surface area contributed by atoms with Crippen LogP contribution in [0.15, 0.2) is 0 Å². The molecule has 3 heteroatoms. The predicted molar refractivity (Wildman–Crippen MR) is 69.2 cm³/mol. The maximum absolute atomic E-state index is 9.00. The van der Waals surface area contributed by atoms with Gasteiger partial charge in [-0.1, -0.05) is 27.7 Å². The van der Waals surface area contributed by atoms with Crippen LogP contribution < -0.4 is 5.32 Å². The van der Waals surface area contributed by atoms with Crippen molar-refractivity contribution in [1.29, 1.82) is 5.26 Å². The fraction of sp³-hybridized carbons (Fsp3) is 0.923. The molecule has 0 aliphatic carbocycles. The van der Waals surface area contributed by atoms with Crippen molar-refractivity contribution in [2.24, 2.45) is 5.92 Å². The minimum Gasteiger partial charge on any atom is -0.304 e. The summed E-state index contributed by atoms with van der Waals surface area (Å²) in [4.78, 5) is 2.45. The zero-order valence-corrected chi connectivity index (χ0v) is 11.5. The lowest BCUT2D eigenvalue weighted by atomic mass is 10.1. The second-order valence-electron chi connectivity index (χ2n) is 4.79. The minimum absolute atomic E-state index is 0.0562. The van der Waals surface area contributed by atoms with Crippen LogP contribution in [0.25, 0.3) is 0 Å². The number of nitrogens with one attached hydrogen (secondary N) is 1. The molecular formula is C13H27N3. The molecule has 0 fully saturated rings. The molecule has 94 valence electrons. The summed E-state index contributed by atoms with van der Waals surface area (Å²) >= 11 is 0. The van der Waals surface area contributed by atoms with Gasteiger partial charge in [0.15, 0.2) is 0 Å². The Bertz CT molecular complexity index is 204. The molecule has 0 aliphatic rings. The number of nitriles is 1. The third-order valence-electron chi connectivity index (χ3n) is 2.98. The van der Waals surface area contributed by atoms with E-state index in [1.807, 2.05) is 7.05 Å². The van der Waals surface area contributed by atoms with E-state index in [-0.39, 0.29) is 6.04 Å². The topological polar surface area (TPSA) is 39.1 Å². The van der Waals surface area contributed by atoms with Gasteiger partial charge in [0.25, 0.3) is 0 Å². The van der Waals surface area contributed by atoms with Crippen LogP contribution in [0.5, 0.6) is 0 Å². The van der Waals surface area contributed by atoms with Gasteiger partial charge in [-0.15, -0.1) is 0 Å². The lowest BCUT2D eigenvalue weighted by Gasteiger charge is -2.33. The number of likely N-dealkylation sites (N-methyl/N-ethyl adjacent to an activating group) is 1. The Morgan fingerprint density at radius 2 is 1.75 bits per heavy atom. The third-order valence-corrected chi connectivity index (χ3v) is 2.98. The standard InChI is InChI=1S/C13H27N3/c1-6-13(7-2)16(9-11(3)4)10-12(8-14)15-5/h11-13,15H,6-7,9-10H2,1-5H3. The zero-order chi connectivity index (χ0) is 12.6. The second kappa shape index (κ2) is 8.55. The van der Waals surface area contributed by atoms with Crippen molar-refractivity contribution in [2.45, 2.75) is 52.6 Å². The van der Waals surface area contributed by atoms with E-state index in [1.54, 1.807) is 0 Å². The average Bonchev–Trinajstić information content (AvgIpc) is 2.26. The Labute approximate surface area is 101 Å². The molecule has 0 saturated heterocycles. The summed E-state index contributed by atoms with van der Waals surface area (Å²) in [6.45, 7) is 10.8. The molecule has 0 spiro atoms. The zero-order valence-electron chi connectivity index (χ0n) is 11.5. The minimum atomic E-state index is -0.0562. The highest BCUT2D eigenvalue weighted by Gasteiger charge is 2.19. The fourth-order valence-electron chi connectivity index (χ4n) is 2.08. The monoisotopic (exact) mass is 225 g/mol. The van der Waals surface area contributed by atoms with Crippen molar-refractivity contribution in [3.8, 4) is 6.07 Å². The molecule has 0 heterocycles. The normalized spacial score (nSPS) is 13.4. The maximum Gasteiger partial charge on any atom is 0.108 e. The highest BCUT2D eigenvalue weighted by Crippen LogP contribution is 2.11. The van der Waals surface area contributed by atoms with Crippen molar-refractivity contribution >= 4 is 0 Å². The van der Waals surface area contributed by atoms with Gasteiger partial charge < -0.3 is 5.32 Å². The second-order valence-corrected chi connectivity index (χ2v) is 4.79. The third kappa shape index (κ3) is 5.48. The lowest BCUT2D eigenvalue weighted by molar-refractivity contribution is 0.159. The first-order valence-corrected chi connectivity index (χ1v) is 6.39. The van der Waals surface area contributed by atoms with Gasteiger partial charge in [-0.3, -0.25) is 4.90 Å². The van der Waals surface area contributed by atoms with E-state index < -0.39 is 0 Å². The van der Waals surface area contributed by atoms with Gasteiger partial charge in [0.2, 0.25) is 0 Å². The van der Waals surface area contributed by atoms with Crippen LogP contribution in [-0.2, 0) is 0 Å². The Kier molecular flexibility index (Phi) is 8.23. The number of hydrogen-bond donors (Lipinski definition) is 1. The van der Waals surface area contributed by atoms with E-state index in [0.29, 0.717) is 12.0 Å². The van der Waals surface area contributed by atoms with Crippen molar-refractivity contribution in [2.75, 3.05) is 20.1 Å². The van der Waals surface area contributed by atoms with Crippen molar-refractivity contribution < 1.29 is 0 Å². The van der Waals surface area contributed by atoms with Gasteiger partial charge in [0.05, 0.1) is 6.07 Å². The average molecular weight is 225 g/mol. The molecule has 0 amide bonds.